The van der Waals surface area contributed by atoms with E-state index in [1.807, 2.05) is 0 Å². The van der Waals surface area contributed by atoms with Crippen LogP contribution in [0.5, 0.6) is 11.5 Å². The Morgan fingerprint density at radius 1 is 1.30 bits per heavy atom. The summed E-state index contributed by atoms with van der Waals surface area (Å²) in [6.45, 7) is 1.56. The third-order valence-electron chi connectivity index (χ3n) is 2.96. The predicted octanol–water partition coefficient (Wildman–Crippen LogP) is 2.56. The number of carbonyl (C=O) groups is 1. The van der Waals surface area contributed by atoms with Gasteiger partial charge in [-0.1, -0.05) is 18.2 Å². The molecule has 0 aliphatic rings. The van der Waals surface area contributed by atoms with Gasteiger partial charge in [-0.25, -0.2) is 4.79 Å². The van der Waals surface area contributed by atoms with Gasteiger partial charge in [-0.15, -0.1) is 0 Å². The summed E-state index contributed by atoms with van der Waals surface area (Å²) in [5.74, 6) is -0.253. The molecule has 0 unspecified atom stereocenters. The van der Waals surface area contributed by atoms with E-state index in [4.69, 9.17) is 15.6 Å². The molecule has 0 fully saturated rings. The Hall–Kier alpha value is -2.53. The van der Waals surface area contributed by atoms with Crippen LogP contribution in [0.15, 0.2) is 36.4 Å². The van der Waals surface area contributed by atoms with Gasteiger partial charge in [0.15, 0.2) is 0 Å². The molecule has 2 aromatic rings. The summed E-state index contributed by atoms with van der Waals surface area (Å²) in [5.41, 5.74) is 7.20. The van der Waals surface area contributed by atoms with Crippen molar-refractivity contribution >= 4 is 11.7 Å². The number of ether oxygens (including phenoxy) is 1. The van der Waals surface area contributed by atoms with Crippen molar-refractivity contribution in [2.75, 3.05) is 5.73 Å². The number of aryl methyl sites for hydroxylation is 1. The van der Waals surface area contributed by atoms with Crippen LogP contribution in [-0.4, -0.2) is 16.2 Å². The average molecular weight is 273 g/mol. The number of carboxylic acid groups (broad SMARTS) is 1. The van der Waals surface area contributed by atoms with Crippen LogP contribution in [0, 0.1) is 6.92 Å². The number of anilines is 1. The maximum absolute atomic E-state index is 11.1. The first kappa shape index (κ1) is 13.9. The maximum atomic E-state index is 11.1. The second kappa shape index (κ2) is 5.63. The van der Waals surface area contributed by atoms with Crippen LogP contribution in [0.25, 0.3) is 0 Å². The van der Waals surface area contributed by atoms with Crippen LogP contribution in [0.2, 0.25) is 0 Å². The molecule has 4 N–H and O–H groups in total. The molecule has 5 heteroatoms. The van der Waals surface area contributed by atoms with Gasteiger partial charge in [0.2, 0.25) is 0 Å². The molecule has 0 amide bonds. The molecule has 0 saturated carbocycles. The second-order valence-corrected chi connectivity index (χ2v) is 4.37. The molecule has 0 bridgehead atoms. The molecule has 0 aliphatic heterocycles. The summed E-state index contributed by atoms with van der Waals surface area (Å²) >= 11 is 0. The summed E-state index contributed by atoms with van der Waals surface area (Å²) in [4.78, 5) is 11.1. The Morgan fingerprint density at radius 3 is 2.65 bits per heavy atom. The van der Waals surface area contributed by atoms with Crippen LogP contribution in [-0.2, 0) is 6.61 Å². The molecule has 0 spiro atoms. The van der Waals surface area contributed by atoms with E-state index in [0.29, 0.717) is 22.6 Å². The smallest absolute Gasteiger partial charge is 0.337 e. The SMILES string of the molecule is Cc1cc(Oc2ccccc2CO)cc(C(=O)O)c1N. The lowest BCUT2D eigenvalue weighted by Gasteiger charge is -2.12. The molecule has 0 aliphatic carbocycles. The first-order valence-electron chi connectivity index (χ1n) is 6.03. The first-order valence-corrected chi connectivity index (χ1v) is 6.03. The van der Waals surface area contributed by atoms with Crippen molar-refractivity contribution in [3.8, 4) is 11.5 Å². The summed E-state index contributed by atoms with van der Waals surface area (Å²) in [6, 6.07) is 10.0. The van der Waals surface area contributed by atoms with Crippen molar-refractivity contribution in [2.45, 2.75) is 13.5 Å². The zero-order valence-electron chi connectivity index (χ0n) is 11.0. The van der Waals surface area contributed by atoms with Gasteiger partial charge >= 0.3 is 5.97 Å². The number of nitrogen functional groups attached to an aromatic ring is 1. The molecule has 20 heavy (non-hydrogen) atoms. The highest BCUT2D eigenvalue weighted by molar-refractivity contribution is 5.95. The highest BCUT2D eigenvalue weighted by Gasteiger charge is 2.13. The number of rotatable bonds is 4. The fourth-order valence-electron chi connectivity index (χ4n) is 1.86. The molecule has 5 nitrogen and oxygen atoms in total. The molecule has 0 radical (unpaired) electrons. The molecular weight excluding hydrogens is 258 g/mol. The minimum Gasteiger partial charge on any atom is -0.478 e. The van der Waals surface area contributed by atoms with Crippen molar-refractivity contribution in [2.24, 2.45) is 0 Å². The molecule has 2 aromatic carbocycles. The monoisotopic (exact) mass is 273 g/mol. The molecule has 0 saturated heterocycles. The summed E-state index contributed by atoms with van der Waals surface area (Å²) < 4.78 is 5.65. The lowest BCUT2D eigenvalue weighted by Crippen LogP contribution is -2.05. The molecule has 2 rings (SSSR count). The van der Waals surface area contributed by atoms with E-state index in [-0.39, 0.29) is 17.9 Å². The standard InChI is InChI=1S/C15H15NO4/c1-9-6-11(7-12(14(9)16)15(18)19)20-13-5-3-2-4-10(13)8-17/h2-7,17H,8,16H2,1H3,(H,18,19). The molecule has 104 valence electrons. The van der Waals surface area contributed by atoms with Gasteiger partial charge < -0.3 is 20.7 Å². The van der Waals surface area contributed by atoms with Crippen molar-refractivity contribution < 1.29 is 19.7 Å². The normalized spacial score (nSPS) is 10.3. The maximum Gasteiger partial charge on any atom is 0.337 e. The van der Waals surface area contributed by atoms with Crippen LogP contribution < -0.4 is 10.5 Å². The Balaban J connectivity index is 2.41. The van der Waals surface area contributed by atoms with Gasteiger partial charge in [-0.3, -0.25) is 0 Å². The van der Waals surface area contributed by atoms with Crippen LogP contribution in [0.1, 0.15) is 21.5 Å². The number of hydrogen-bond donors (Lipinski definition) is 3. The highest BCUT2D eigenvalue weighted by Crippen LogP contribution is 2.30. The van der Waals surface area contributed by atoms with Gasteiger partial charge in [-0.05, 0) is 30.7 Å². The lowest BCUT2D eigenvalue weighted by molar-refractivity contribution is 0.0697. The van der Waals surface area contributed by atoms with Gasteiger partial charge in [0, 0.05) is 11.3 Å². The van der Waals surface area contributed by atoms with Crippen molar-refractivity contribution in [1.29, 1.82) is 0 Å². The van der Waals surface area contributed by atoms with Crippen LogP contribution >= 0.6 is 0 Å². The summed E-state index contributed by atoms with van der Waals surface area (Å²) in [5, 5.41) is 18.3. The lowest BCUT2D eigenvalue weighted by atomic mass is 10.1. The van der Waals surface area contributed by atoms with Gasteiger partial charge in [-0.2, -0.15) is 0 Å². The van der Waals surface area contributed by atoms with Crippen molar-refractivity contribution in [1.82, 2.24) is 0 Å². The number of aliphatic hydroxyl groups is 1. The van der Waals surface area contributed by atoms with E-state index >= 15 is 0 Å². The van der Waals surface area contributed by atoms with E-state index in [0.717, 1.165) is 0 Å². The van der Waals surface area contributed by atoms with Crippen molar-refractivity contribution in [3.05, 3.63) is 53.1 Å². The van der Waals surface area contributed by atoms with E-state index in [1.165, 1.54) is 6.07 Å². The van der Waals surface area contributed by atoms with Gasteiger partial charge in [0.1, 0.15) is 11.5 Å². The predicted molar refractivity (Wildman–Crippen MR) is 75.0 cm³/mol. The second-order valence-electron chi connectivity index (χ2n) is 4.37. The number of hydrogen-bond acceptors (Lipinski definition) is 4. The minimum atomic E-state index is -1.11. The highest BCUT2D eigenvalue weighted by atomic mass is 16.5. The number of nitrogens with two attached hydrogens (primary N) is 1. The molecular formula is C15H15NO4. The number of carboxylic acids is 1. The van der Waals surface area contributed by atoms with E-state index < -0.39 is 5.97 Å². The minimum absolute atomic E-state index is 0.00137. The molecule has 0 atom stereocenters. The van der Waals surface area contributed by atoms with E-state index in [1.54, 1.807) is 37.3 Å². The summed E-state index contributed by atoms with van der Waals surface area (Å²) in [7, 11) is 0. The Bertz CT molecular complexity index is 652. The topological polar surface area (TPSA) is 92.8 Å². The summed E-state index contributed by atoms with van der Waals surface area (Å²) in [6.07, 6.45) is 0. The molecule has 0 heterocycles. The average Bonchev–Trinajstić information content (AvgIpc) is 2.43. The molecule has 0 aromatic heterocycles. The van der Waals surface area contributed by atoms with Gasteiger partial charge in [0.05, 0.1) is 12.2 Å². The fourth-order valence-corrected chi connectivity index (χ4v) is 1.86. The largest absolute Gasteiger partial charge is 0.478 e. The number of para-hydroxylation sites is 1. The Morgan fingerprint density at radius 2 is 2.00 bits per heavy atom. The Kier molecular flexibility index (Phi) is 3.91. The van der Waals surface area contributed by atoms with Crippen LogP contribution in [0.3, 0.4) is 0 Å². The van der Waals surface area contributed by atoms with E-state index in [9.17, 15) is 9.90 Å². The third-order valence-corrected chi connectivity index (χ3v) is 2.96. The number of aliphatic hydroxyl groups excluding tert-OH is 1. The quantitative estimate of drug-likeness (QED) is 0.744. The van der Waals surface area contributed by atoms with Crippen molar-refractivity contribution in [3.63, 3.8) is 0 Å². The van der Waals surface area contributed by atoms with Gasteiger partial charge in [0.25, 0.3) is 0 Å². The number of aromatic carboxylic acids is 1. The van der Waals surface area contributed by atoms with Crippen LogP contribution in [0.4, 0.5) is 5.69 Å². The zero-order valence-corrected chi connectivity index (χ0v) is 11.0. The fraction of sp³-hybridized carbons (Fsp3) is 0.133. The zero-order chi connectivity index (χ0) is 14.7. The Labute approximate surface area is 116 Å². The first-order chi connectivity index (χ1) is 9.52. The number of benzene rings is 2. The van der Waals surface area contributed by atoms with E-state index in [2.05, 4.69) is 0 Å². The third kappa shape index (κ3) is 2.73.